The maximum absolute atomic E-state index is 11.8. The Labute approximate surface area is 160 Å². The Morgan fingerprint density at radius 2 is 2.00 bits per heavy atom. The summed E-state index contributed by atoms with van der Waals surface area (Å²) in [5.41, 5.74) is 0.960. The monoisotopic (exact) mass is 370 g/mol. The van der Waals surface area contributed by atoms with Gasteiger partial charge in [0.1, 0.15) is 5.82 Å². The number of nitrogens with one attached hydrogen (secondary N) is 1. The van der Waals surface area contributed by atoms with Gasteiger partial charge in [-0.25, -0.2) is 4.68 Å². The summed E-state index contributed by atoms with van der Waals surface area (Å²) in [4.78, 5) is 14.3. The van der Waals surface area contributed by atoms with Gasteiger partial charge >= 0.3 is 0 Å². The Kier molecular flexibility index (Phi) is 6.21. The van der Waals surface area contributed by atoms with Crippen molar-refractivity contribution in [2.45, 2.75) is 58.0 Å². The fourth-order valence-electron chi connectivity index (χ4n) is 3.41. The predicted molar refractivity (Wildman–Crippen MR) is 107 cm³/mol. The summed E-state index contributed by atoms with van der Waals surface area (Å²) < 4.78 is 1.54. The van der Waals surface area contributed by atoms with Crippen LogP contribution in [-0.2, 0) is 12.0 Å². The van der Waals surface area contributed by atoms with Gasteiger partial charge in [-0.1, -0.05) is 27.2 Å². The van der Waals surface area contributed by atoms with E-state index in [-0.39, 0.29) is 11.0 Å². The molecule has 1 fully saturated rings. The molecular formula is C20H30N6O. The van der Waals surface area contributed by atoms with Crippen LogP contribution in [0.15, 0.2) is 35.3 Å². The highest BCUT2D eigenvalue weighted by Gasteiger charge is 2.22. The maximum Gasteiger partial charge on any atom is 0.266 e. The van der Waals surface area contributed by atoms with Gasteiger partial charge in [0.05, 0.1) is 12.2 Å². The molecule has 0 bridgehead atoms. The average molecular weight is 371 g/mol. The molecule has 0 amide bonds. The summed E-state index contributed by atoms with van der Waals surface area (Å²) in [6.07, 6.45) is 5.25. The van der Waals surface area contributed by atoms with E-state index in [0.717, 1.165) is 37.6 Å². The first-order chi connectivity index (χ1) is 12.9. The second-order valence-corrected chi connectivity index (χ2v) is 8.21. The van der Waals surface area contributed by atoms with E-state index in [1.54, 1.807) is 18.3 Å². The molecule has 1 aliphatic heterocycles. The number of rotatable bonds is 6. The number of aromatic nitrogens is 4. The number of hydrogen-bond acceptors (Lipinski definition) is 6. The highest BCUT2D eigenvalue weighted by atomic mass is 16.1. The van der Waals surface area contributed by atoms with Crippen LogP contribution < -0.4 is 10.9 Å². The van der Waals surface area contributed by atoms with E-state index in [2.05, 4.69) is 46.3 Å². The Morgan fingerprint density at radius 1 is 1.15 bits per heavy atom. The van der Waals surface area contributed by atoms with Gasteiger partial charge in [0, 0.05) is 36.8 Å². The highest BCUT2D eigenvalue weighted by molar-refractivity contribution is 5.34. The largest absolute Gasteiger partial charge is 0.367 e. The molecule has 0 radical (unpaired) electrons. The van der Waals surface area contributed by atoms with E-state index in [0.29, 0.717) is 12.6 Å². The summed E-state index contributed by atoms with van der Waals surface area (Å²) in [5.74, 6) is 0.814. The quantitative estimate of drug-likeness (QED) is 0.841. The second-order valence-electron chi connectivity index (χ2n) is 8.21. The van der Waals surface area contributed by atoms with Crippen molar-refractivity contribution in [2.75, 3.05) is 25.0 Å². The molecule has 0 aromatic carbocycles. The zero-order chi connectivity index (χ0) is 19.3. The minimum Gasteiger partial charge on any atom is -0.367 e. The third-order valence-corrected chi connectivity index (χ3v) is 5.09. The molecule has 3 heterocycles. The number of anilines is 1. The molecule has 7 heteroatoms. The molecule has 1 atom stereocenters. The smallest absolute Gasteiger partial charge is 0.266 e. The van der Waals surface area contributed by atoms with Gasteiger partial charge in [0.15, 0.2) is 0 Å². The van der Waals surface area contributed by atoms with E-state index < -0.39 is 0 Å². The average Bonchev–Trinajstić information content (AvgIpc) is 2.66. The lowest BCUT2D eigenvalue weighted by molar-refractivity contribution is 0.148. The minimum absolute atomic E-state index is 0.00918. The van der Waals surface area contributed by atoms with Crippen molar-refractivity contribution in [1.82, 2.24) is 24.9 Å². The number of nitrogens with zero attached hydrogens (tertiary/aromatic N) is 5. The van der Waals surface area contributed by atoms with Crippen LogP contribution >= 0.6 is 0 Å². The molecule has 3 rings (SSSR count). The summed E-state index contributed by atoms with van der Waals surface area (Å²) in [6.45, 7) is 9.75. The Bertz CT molecular complexity index is 780. The van der Waals surface area contributed by atoms with Crippen LogP contribution in [0.1, 0.15) is 45.7 Å². The van der Waals surface area contributed by atoms with E-state index >= 15 is 0 Å². The third kappa shape index (κ3) is 5.35. The molecule has 1 N–H and O–H groups in total. The van der Waals surface area contributed by atoms with Gasteiger partial charge in [-0.15, -0.1) is 5.10 Å². The van der Waals surface area contributed by atoms with Crippen molar-refractivity contribution >= 4 is 5.82 Å². The molecular weight excluding hydrogens is 340 g/mol. The van der Waals surface area contributed by atoms with Crippen molar-refractivity contribution in [3.8, 4) is 0 Å². The van der Waals surface area contributed by atoms with Crippen LogP contribution in [-0.4, -0.2) is 50.6 Å². The van der Waals surface area contributed by atoms with Crippen molar-refractivity contribution in [3.63, 3.8) is 0 Å². The summed E-state index contributed by atoms with van der Waals surface area (Å²) in [6, 6.07) is 7.72. The minimum atomic E-state index is -0.0432. The molecule has 1 aliphatic rings. The van der Waals surface area contributed by atoms with Crippen molar-refractivity contribution < 1.29 is 0 Å². The lowest BCUT2D eigenvalue weighted by Crippen LogP contribution is -2.45. The predicted octanol–water partition coefficient (Wildman–Crippen LogP) is 2.30. The van der Waals surface area contributed by atoms with Crippen LogP contribution in [0, 0.1) is 0 Å². The lowest BCUT2D eigenvalue weighted by Gasteiger charge is -2.35. The Morgan fingerprint density at radius 3 is 2.70 bits per heavy atom. The van der Waals surface area contributed by atoms with Crippen molar-refractivity contribution in [3.05, 3.63) is 46.5 Å². The first-order valence-electron chi connectivity index (χ1n) is 9.78. The Hall–Kier alpha value is -2.28. The van der Waals surface area contributed by atoms with Gasteiger partial charge in [0.25, 0.3) is 5.56 Å². The zero-order valence-electron chi connectivity index (χ0n) is 16.6. The number of piperidine rings is 1. The van der Waals surface area contributed by atoms with Crippen molar-refractivity contribution in [1.29, 1.82) is 0 Å². The van der Waals surface area contributed by atoms with Gasteiger partial charge in [0.2, 0.25) is 0 Å². The Balaban J connectivity index is 1.56. The first kappa shape index (κ1) is 19.5. The van der Waals surface area contributed by atoms with Gasteiger partial charge in [-0.2, -0.15) is 10.2 Å². The van der Waals surface area contributed by atoms with E-state index in [4.69, 9.17) is 0 Å². The van der Waals surface area contributed by atoms with Crippen LogP contribution in [0.3, 0.4) is 0 Å². The molecule has 7 nitrogen and oxygen atoms in total. The normalized spacial score (nSPS) is 18.4. The fourth-order valence-corrected chi connectivity index (χ4v) is 3.41. The molecule has 146 valence electrons. The first-order valence-corrected chi connectivity index (χ1v) is 9.78. The molecule has 0 saturated carbocycles. The summed E-state index contributed by atoms with van der Waals surface area (Å²) in [7, 11) is 0. The molecule has 2 aromatic heterocycles. The second kappa shape index (κ2) is 8.61. The van der Waals surface area contributed by atoms with Crippen LogP contribution in [0.5, 0.6) is 0 Å². The van der Waals surface area contributed by atoms with Gasteiger partial charge in [-0.05, 0) is 37.6 Å². The van der Waals surface area contributed by atoms with Crippen LogP contribution in [0.4, 0.5) is 5.82 Å². The lowest BCUT2D eigenvalue weighted by atomic mass is 9.92. The molecule has 2 aromatic rings. The van der Waals surface area contributed by atoms with E-state index in [1.807, 2.05) is 12.1 Å². The molecule has 1 saturated heterocycles. The maximum atomic E-state index is 11.8. The summed E-state index contributed by atoms with van der Waals surface area (Å²) >= 11 is 0. The number of likely N-dealkylation sites (tertiary alicyclic amines) is 1. The topological polar surface area (TPSA) is 75.9 Å². The highest BCUT2D eigenvalue weighted by Crippen LogP contribution is 2.20. The fraction of sp³-hybridized carbons (Fsp3) is 0.600. The molecule has 0 aliphatic carbocycles. The summed E-state index contributed by atoms with van der Waals surface area (Å²) in [5, 5.41) is 16.3. The van der Waals surface area contributed by atoms with Gasteiger partial charge < -0.3 is 5.32 Å². The molecule has 27 heavy (non-hydrogen) atoms. The molecule has 0 spiro atoms. The standard InChI is InChI=1S/C20H30N6O/c1-20(2,3)17-9-10-18(24-23-17)21-15-16-7-4-5-12-25(16)13-14-26-19(27)8-6-11-22-26/h6,8-11,16H,4-5,7,12-15H2,1-3H3,(H,21,24). The zero-order valence-corrected chi connectivity index (χ0v) is 16.6. The van der Waals surface area contributed by atoms with E-state index in [1.165, 1.54) is 17.5 Å². The third-order valence-electron chi connectivity index (χ3n) is 5.09. The van der Waals surface area contributed by atoms with Crippen LogP contribution in [0.2, 0.25) is 0 Å². The van der Waals surface area contributed by atoms with Crippen LogP contribution in [0.25, 0.3) is 0 Å². The number of hydrogen-bond donors (Lipinski definition) is 1. The van der Waals surface area contributed by atoms with Crippen molar-refractivity contribution in [2.24, 2.45) is 0 Å². The SMILES string of the molecule is CC(C)(C)c1ccc(NCC2CCCCN2CCn2ncccc2=O)nn1. The van der Waals surface area contributed by atoms with Gasteiger partial charge in [-0.3, -0.25) is 9.69 Å². The molecule has 1 unspecified atom stereocenters. The van der Waals surface area contributed by atoms with E-state index in [9.17, 15) is 4.79 Å².